The molecule has 0 radical (unpaired) electrons. The maximum Gasteiger partial charge on any atom is 0.338 e. The summed E-state index contributed by atoms with van der Waals surface area (Å²) in [5.74, 6) is 0.902. The highest BCUT2D eigenvalue weighted by atomic mass is 32.1. The number of allylic oxidation sites excluding steroid dienone is 1. The van der Waals surface area contributed by atoms with Crippen molar-refractivity contribution in [3.63, 3.8) is 0 Å². The number of benzene rings is 3. The first kappa shape index (κ1) is 28.4. The van der Waals surface area contributed by atoms with Crippen LogP contribution in [-0.2, 0) is 9.53 Å². The van der Waals surface area contributed by atoms with Gasteiger partial charge in [0.05, 0.1) is 36.1 Å². The zero-order chi connectivity index (χ0) is 28.9. The van der Waals surface area contributed by atoms with Gasteiger partial charge in [-0.3, -0.25) is 9.36 Å². The summed E-state index contributed by atoms with van der Waals surface area (Å²) < 4.78 is 19.3. The Hall–Kier alpha value is -4.17. The van der Waals surface area contributed by atoms with Gasteiger partial charge in [-0.25, -0.2) is 9.79 Å². The number of hydrogen-bond donors (Lipinski definition) is 0. The fourth-order valence-electron chi connectivity index (χ4n) is 5.16. The van der Waals surface area contributed by atoms with E-state index in [0.29, 0.717) is 39.4 Å². The van der Waals surface area contributed by atoms with E-state index in [1.807, 2.05) is 73.7 Å². The number of esters is 1. The van der Waals surface area contributed by atoms with E-state index in [2.05, 4.69) is 6.92 Å². The van der Waals surface area contributed by atoms with Crippen molar-refractivity contribution >= 4 is 34.2 Å². The predicted molar refractivity (Wildman–Crippen MR) is 162 cm³/mol. The molecule has 41 heavy (non-hydrogen) atoms. The number of ether oxygens (including phenoxy) is 3. The number of nitrogens with zero attached hydrogens (tertiary/aromatic N) is 2. The van der Waals surface area contributed by atoms with Gasteiger partial charge in [0.15, 0.2) is 4.80 Å². The van der Waals surface area contributed by atoms with Gasteiger partial charge in [0, 0.05) is 5.56 Å². The summed E-state index contributed by atoms with van der Waals surface area (Å²) >= 11 is 1.32. The highest BCUT2D eigenvalue weighted by Crippen LogP contribution is 2.41. The van der Waals surface area contributed by atoms with Gasteiger partial charge in [-0.05, 0) is 60.4 Å². The molecule has 0 N–H and O–H groups in total. The molecule has 5 rings (SSSR count). The molecule has 0 saturated carbocycles. The molecule has 0 bridgehead atoms. The van der Waals surface area contributed by atoms with Crippen LogP contribution in [0.4, 0.5) is 0 Å². The number of aromatic nitrogens is 1. The van der Waals surface area contributed by atoms with Crippen molar-refractivity contribution in [2.45, 2.75) is 46.1 Å². The molecule has 8 heteroatoms. The monoisotopic (exact) mass is 570 g/mol. The molecule has 1 aromatic heterocycles. The number of hydrogen-bond acceptors (Lipinski definition) is 7. The summed E-state index contributed by atoms with van der Waals surface area (Å²) in [7, 11) is 1.60. The van der Waals surface area contributed by atoms with E-state index in [1.165, 1.54) is 11.3 Å². The molecule has 1 aliphatic rings. The van der Waals surface area contributed by atoms with Gasteiger partial charge >= 0.3 is 5.97 Å². The first-order valence-electron chi connectivity index (χ1n) is 14.0. The Labute approximate surface area is 243 Å². The SMILES string of the molecule is CCCOc1ccc(/C=c2\sc3n(c2=O)[C@@H](c2c(OC)ccc4ccccc24)C(C(=O)OCC)=C(CCC)N=3)cc1. The number of carbonyl (C=O) groups is 1. The average molecular weight is 571 g/mol. The predicted octanol–water partition coefficient (Wildman–Crippen LogP) is 5.53. The van der Waals surface area contributed by atoms with Crippen LogP contribution in [0.15, 0.2) is 81.7 Å². The molecular formula is C33H34N2O5S. The second kappa shape index (κ2) is 12.6. The minimum atomic E-state index is -0.764. The second-order valence-corrected chi connectivity index (χ2v) is 10.7. The first-order chi connectivity index (χ1) is 20.0. The summed E-state index contributed by atoms with van der Waals surface area (Å²) in [5, 5.41) is 1.88. The average Bonchev–Trinajstić information content (AvgIpc) is 3.29. The van der Waals surface area contributed by atoms with E-state index in [1.54, 1.807) is 18.6 Å². The van der Waals surface area contributed by atoms with Gasteiger partial charge in [-0.1, -0.05) is 74.1 Å². The Bertz CT molecular complexity index is 1780. The normalized spacial score (nSPS) is 15.0. The standard InChI is InChI=1S/C33H34N2O5S/c1-5-10-25-29(32(37)39-7-3)30(28-24-12-9-8-11-22(24)15-18-26(28)38-4)35-31(36)27(41-33(35)34-25)20-21-13-16-23(17-14-21)40-19-6-2/h8-9,11-18,20,30H,5-7,10,19H2,1-4H3/b27-20-/t30-/m0/s1. The highest BCUT2D eigenvalue weighted by Gasteiger charge is 2.37. The third-order valence-corrected chi connectivity index (χ3v) is 7.95. The molecule has 0 unspecified atom stereocenters. The molecule has 0 aliphatic carbocycles. The third kappa shape index (κ3) is 5.57. The van der Waals surface area contributed by atoms with Crippen LogP contribution >= 0.6 is 11.3 Å². The van der Waals surface area contributed by atoms with Crippen LogP contribution in [0.3, 0.4) is 0 Å². The Kier molecular flexibility index (Phi) is 8.69. The zero-order valence-electron chi connectivity index (χ0n) is 23.8. The fraction of sp³-hybridized carbons (Fsp3) is 0.303. The number of carbonyl (C=O) groups excluding carboxylic acids is 1. The minimum absolute atomic E-state index is 0.212. The number of methoxy groups -OCH3 is 1. The second-order valence-electron chi connectivity index (χ2n) is 9.73. The molecule has 1 atom stereocenters. The van der Waals surface area contributed by atoms with Crippen LogP contribution in [0.5, 0.6) is 11.5 Å². The molecule has 3 aromatic carbocycles. The Morgan fingerprint density at radius 3 is 2.51 bits per heavy atom. The molecule has 1 aliphatic heterocycles. The zero-order valence-corrected chi connectivity index (χ0v) is 24.6. The van der Waals surface area contributed by atoms with Gasteiger partial charge in [-0.15, -0.1) is 0 Å². The van der Waals surface area contributed by atoms with Gasteiger partial charge in [0.1, 0.15) is 17.5 Å². The van der Waals surface area contributed by atoms with Gasteiger partial charge < -0.3 is 14.2 Å². The summed E-state index contributed by atoms with van der Waals surface area (Å²) in [5.41, 5.74) is 2.40. The molecule has 0 saturated heterocycles. The molecule has 0 spiro atoms. The molecule has 7 nitrogen and oxygen atoms in total. The molecule has 0 fully saturated rings. The fourth-order valence-corrected chi connectivity index (χ4v) is 6.18. The lowest BCUT2D eigenvalue weighted by molar-refractivity contribution is -0.139. The number of rotatable bonds is 10. The molecule has 212 valence electrons. The van der Waals surface area contributed by atoms with Crippen molar-refractivity contribution in [2.24, 2.45) is 4.99 Å². The van der Waals surface area contributed by atoms with Crippen molar-refractivity contribution < 1.29 is 19.0 Å². The third-order valence-electron chi connectivity index (χ3n) is 6.97. The summed E-state index contributed by atoms with van der Waals surface area (Å²) in [4.78, 5) is 33.2. The van der Waals surface area contributed by atoms with Crippen molar-refractivity contribution in [1.82, 2.24) is 4.57 Å². The van der Waals surface area contributed by atoms with Crippen LogP contribution in [0.25, 0.3) is 16.8 Å². The number of thiazole rings is 1. The molecule has 0 amide bonds. The topological polar surface area (TPSA) is 79.1 Å². The van der Waals surface area contributed by atoms with Crippen molar-refractivity contribution in [2.75, 3.05) is 20.3 Å². The van der Waals surface area contributed by atoms with E-state index >= 15 is 0 Å². The Morgan fingerprint density at radius 1 is 1.02 bits per heavy atom. The van der Waals surface area contributed by atoms with E-state index in [-0.39, 0.29) is 12.2 Å². The quantitative estimate of drug-likeness (QED) is 0.234. The van der Waals surface area contributed by atoms with Crippen LogP contribution in [0.2, 0.25) is 0 Å². The van der Waals surface area contributed by atoms with E-state index in [4.69, 9.17) is 19.2 Å². The van der Waals surface area contributed by atoms with Crippen LogP contribution in [-0.4, -0.2) is 30.9 Å². The van der Waals surface area contributed by atoms with E-state index < -0.39 is 12.0 Å². The van der Waals surface area contributed by atoms with Gasteiger partial charge in [-0.2, -0.15) is 0 Å². The summed E-state index contributed by atoms with van der Waals surface area (Å²) in [6.07, 6.45) is 4.14. The lowest BCUT2D eigenvalue weighted by Gasteiger charge is -2.28. The first-order valence-corrected chi connectivity index (χ1v) is 14.8. The summed E-state index contributed by atoms with van der Waals surface area (Å²) in [6.45, 7) is 6.75. The van der Waals surface area contributed by atoms with Crippen molar-refractivity contribution in [3.8, 4) is 11.5 Å². The van der Waals surface area contributed by atoms with Gasteiger partial charge in [0.2, 0.25) is 0 Å². The smallest absolute Gasteiger partial charge is 0.338 e. The largest absolute Gasteiger partial charge is 0.496 e. The minimum Gasteiger partial charge on any atom is -0.496 e. The molecule has 2 heterocycles. The Balaban J connectivity index is 1.78. The maximum absolute atomic E-state index is 14.2. The van der Waals surface area contributed by atoms with Crippen LogP contribution < -0.4 is 24.4 Å². The summed E-state index contributed by atoms with van der Waals surface area (Å²) in [6, 6.07) is 18.7. The van der Waals surface area contributed by atoms with Crippen molar-refractivity contribution in [3.05, 3.63) is 103 Å². The van der Waals surface area contributed by atoms with Gasteiger partial charge in [0.25, 0.3) is 5.56 Å². The van der Waals surface area contributed by atoms with Crippen LogP contribution in [0.1, 0.15) is 57.2 Å². The molecular weight excluding hydrogens is 536 g/mol. The maximum atomic E-state index is 14.2. The van der Waals surface area contributed by atoms with E-state index in [9.17, 15) is 9.59 Å². The van der Waals surface area contributed by atoms with E-state index in [0.717, 1.165) is 40.5 Å². The Morgan fingerprint density at radius 2 is 1.80 bits per heavy atom. The number of fused-ring (bicyclic) bond motifs is 2. The lowest BCUT2D eigenvalue weighted by Crippen LogP contribution is -2.40. The highest BCUT2D eigenvalue weighted by molar-refractivity contribution is 7.07. The van der Waals surface area contributed by atoms with Crippen LogP contribution in [0, 0.1) is 0 Å². The molecule has 4 aromatic rings. The van der Waals surface area contributed by atoms with Crippen molar-refractivity contribution in [1.29, 1.82) is 0 Å². The lowest BCUT2D eigenvalue weighted by atomic mass is 9.90.